The average Bonchev–Trinajstić information content (AvgIpc) is 3.46. The summed E-state index contributed by atoms with van der Waals surface area (Å²) in [6.07, 6.45) is 3.31. The fourth-order valence-corrected chi connectivity index (χ4v) is 4.42. The Morgan fingerprint density at radius 1 is 1.39 bits per heavy atom. The summed E-state index contributed by atoms with van der Waals surface area (Å²) in [4.78, 5) is 18.5. The molecule has 168 valence electrons. The van der Waals surface area contributed by atoms with Gasteiger partial charge in [-0.2, -0.15) is 5.26 Å². The first kappa shape index (κ1) is 21.1. The lowest BCUT2D eigenvalue weighted by Gasteiger charge is -2.34. The van der Waals surface area contributed by atoms with E-state index in [9.17, 15) is 4.79 Å². The molecular formula is C23H23N7O3. The zero-order valence-corrected chi connectivity index (χ0v) is 18.4. The maximum atomic E-state index is 11.8. The molecule has 0 radical (unpaired) electrons. The number of rotatable bonds is 5. The van der Waals surface area contributed by atoms with Crippen molar-refractivity contribution in [1.29, 1.82) is 5.26 Å². The van der Waals surface area contributed by atoms with Gasteiger partial charge < -0.3 is 14.8 Å². The zero-order valence-electron chi connectivity index (χ0n) is 18.4. The van der Waals surface area contributed by atoms with Crippen LogP contribution in [-0.4, -0.2) is 57.6 Å². The number of hydrogen-bond acceptors (Lipinski definition) is 9. The molecule has 1 atom stereocenters. The van der Waals surface area contributed by atoms with Crippen LogP contribution in [0.1, 0.15) is 44.3 Å². The molecule has 5 rings (SSSR count). The van der Waals surface area contributed by atoms with E-state index in [1.165, 1.54) is 18.9 Å². The number of carbonyl (C=O) groups is 1. The SMILES string of the molecule is COc1cc(-n2cc(CN3CCNC(c4ccc5c(c4C)COC5=O)C3)nn2)ncc1C#N. The highest BCUT2D eigenvalue weighted by molar-refractivity contribution is 5.94. The number of nitriles is 1. The predicted molar refractivity (Wildman–Crippen MR) is 117 cm³/mol. The number of cyclic esters (lactones) is 1. The second kappa shape index (κ2) is 8.61. The summed E-state index contributed by atoms with van der Waals surface area (Å²) in [6, 6.07) is 7.78. The molecule has 33 heavy (non-hydrogen) atoms. The largest absolute Gasteiger partial charge is 0.495 e. The minimum absolute atomic E-state index is 0.152. The Kier molecular flexibility index (Phi) is 5.50. The molecule has 1 N–H and O–H groups in total. The molecule has 0 saturated carbocycles. The van der Waals surface area contributed by atoms with Crippen molar-refractivity contribution in [3.8, 4) is 17.6 Å². The van der Waals surface area contributed by atoms with E-state index in [0.29, 0.717) is 35.8 Å². The zero-order chi connectivity index (χ0) is 22.9. The molecule has 0 bridgehead atoms. The molecule has 0 spiro atoms. The van der Waals surface area contributed by atoms with E-state index in [0.717, 1.165) is 36.5 Å². The van der Waals surface area contributed by atoms with Gasteiger partial charge in [0, 0.05) is 43.9 Å². The number of fused-ring (bicyclic) bond motifs is 1. The number of methoxy groups -OCH3 is 1. The van der Waals surface area contributed by atoms with Gasteiger partial charge in [0.2, 0.25) is 0 Å². The molecule has 3 aromatic rings. The minimum atomic E-state index is -0.240. The van der Waals surface area contributed by atoms with Crippen molar-refractivity contribution in [1.82, 2.24) is 30.2 Å². The topological polar surface area (TPSA) is 118 Å². The smallest absolute Gasteiger partial charge is 0.338 e. The van der Waals surface area contributed by atoms with Crippen molar-refractivity contribution in [3.05, 3.63) is 64.1 Å². The standard InChI is InChI=1S/C23H23N7O3/c1-14-17(3-4-18-19(14)13-33-23(18)31)20-12-29(6-5-25-20)10-16-11-30(28-27-16)22-7-21(32-2)15(8-24)9-26-22/h3-4,7,9,11,20,25H,5-6,10,12-13H2,1-2H3. The summed E-state index contributed by atoms with van der Waals surface area (Å²) < 4.78 is 12.0. The van der Waals surface area contributed by atoms with Crippen molar-refractivity contribution in [3.63, 3.8) is 0 Å². The summed E-state index contributed by atoms with van der Waals surface area (Å²) in [5.74, 6) is 0.741. The summed E-state index contributed by atoms with van der Waals surface area (Å²) in [5.41, 5.74) is 5.16. The van der Waals surface area contributed by atoms with E-state index >= 15 is 0 Å². The van der Waals surface area contributed by atoms with Crippen LogP contribution in [0.3, 0.4) is 0 Å². The first-order valence-electron chi connectivity index (χ1n) is 10.7. The lowest BCUT2D eigenvalue weighted by Crippen LogP contribution is -2.45. The summed E-state index contributed by atoms with van der Waals surface area (Å²) in [6.45, 7) is 5.60. The first-order chi connectivity index (χ1) is 16.1. The van der Waals surface area contributed by atoms with E-state index in [-0.39, 0.29) is 12.0 Å². The van der Waals surface area contributed by atoms with Gasteiger partial charge in [-0.25, -0.2) is 14.5 Å². The normalized spacial score (nSPS) is 18.0. The second-order valence-electron chi connectivity index (χ2n) is 8.13. The van der Waals surface area contributed by atoms with Gasteiger partial charge >= 0.3 is 5.97 Å². The van der Waals surface area contributed by atoms with Crippen LogP contribution < -0.4 is 10.1 Å². The summed E-state index contributed by atoms with van der Waals surface area (Å²) >= 11 is 0. The Hall–Kier alpha value is -3.81. The van der Waals surface area contributed by atoms with E-state index in [4.69, 9.17) is 14.7 Å². The molecule has 1 unspecified atom stereocenters. The Morgan fingerprint density at radius 2 is 2.27 bits per heavy atom. The summed E-state index contributed by atoms with van der Waals surface area (Å²) in [5, 5.41) is 21.2. The molecule has 0 aliphatic carbocycles. The third kappa shape index (κ3) is 3.92. The van der Waals surface area contributed by atoms with Gasteiger partial charge in [0.1, 0.15) is 24.0 Å². The number of hydrogen-bond donors (Lipinski definition) is 1. The number of esters is 1. The number of pyridine rings is 1. The second-order valence-corrected chi connectivity index (χ2v) is 8.13. The predicted octanol–water partition coefficient (Wildman–Crippen LogP) is 1.67. The first-order valence-corrected chi connectivity index (χ1v) is 10.7. The van der Waals surface area contributed by atoms with Crippen molar-refractivity contribution >= 4 is 5.97 Å². The molecule has 2 aromatic heterocycles. The fourth-order valence-electron chi connectivity index (χ4n) is 4.42. The van der Waals surface area contributed by atoms with Crippen LogP contribution in [0.25, 0.3) is 5.82 Å². The van der Waals surface area contributed by atoms with Crippen molar-refractivity contribution in [2.45, 2.75) is 26.1 Å². The number of ether oxygens (including phenoxy) is 2. The Bertz CT molecular complexity index is 1260. The van der Waals surface area contributed by atoms with E-state index in [1.807, 2.05) is 18.3 Å². The number of carbonyl (C=O) groups excluding carboxylic acids is 1. The number of piperazine rings is 1. The van der Waals surface area contributed by atoms with E-state index in [1.54, 1.807) is 10.7 Å². The number of aromatic nitrogens is 4. The summed E-state index contributed by atoms with van der Waals surface area (Å²) in [7, 11) is 1.52. The van der Waals surface area contributed by atoms with Crippen LogP contribution in [0.15, 0.2) is 30.6 Å². The van der Waals surface area contributed by atoms with Gasteiger partial charge in [-0.1, -0.05) is 11.3 Å². The molecule has 2 aliphatic rings. The maximum Gasteiger partial charge on any atom is 0.338 e. The highest BCUT2D eigenvalue weighted by atomic mass is 16.5. The quantitative estimate of drug-likeness (QED) is 0.585. The molecular weight excluding hydrogens is 422 g/mol. The molecule has 2 aliphatic heterocycles. The van der Waals surface area contributed by atoms with Crippen molar-refractivity contribution in [2.24, 2.45) is 0 Å². The van der Waals surface area contributed by atoms with E-state index < -0.39 is 0 Å². The molecule has 10 heteroatoms. The van der Waals surface area contributed by atoms with Crippen LogP contribution >= 0.6 is 0 Å². The molecule has 0 amide bonds. The maximum absolute atomic E-state index is 11.8. The van der Waals surface area contributed by atoms with Gasteiger partial charge in [-0.3, -0.25) is 4.90 Å². The third-order valence-corrected chi connectivity index (χ3v) is 6.20. The monoisotopic (exact) mass is 445 g/mol. The molecule has 1 aromatic carbocycles. The lowest BCUT2D eigenvalue weighted by molar-refractivity contribution is 0.0535. The number of benzene rings is 1. The molecule has 4 heterocycles. The highest BCUT2D eigenvalue weighted by Gasteiger charge is 2.28. The fraction of sp³-hybridized carbons (Fsp3) is 0.348. The highest BCUT2D eigenvalue weighted by Crippen LogP contribution is 2.30. The molecule has 10 nitrogen and oxygen atoms in total. The number of nitrogens with zero attached hydrogens (tertiary/aromatic N) is 6. The van der Waals surface area contributed by atoms with Gasteiger partial charge in [0.25, 0.3) is 0 Å². The number of nitrogens with one attached hydrogen (secondary N) is 1. The van der Waals surface area contributed by atoms with Crippen molar-refractivity contribution in [2.75, 3.05) is 26.7 Å². The molecule has 1 saturated heterocycles. The lowest BCUT2D eigenvalue weighted by atomic mass is 9.93. The van der Waals surface area contributed by atoms with Crippen molar-refractivity contribution < 1.29 is 14.3 Å². The average molecular weight is 445 g/mol. The Labute approximate surface area is 190 Å². The molecule has 1 fully saturated rings. The minimum Gasteiger partial charge on any atom is -0.495 e. The van der Waals surface area contributed by atoms with Gasteiger partial charge in [0.05, 0.1) is 30.8 Å². The Morgan fingerprint density at radius 3 is 3.09 bits per heavy atom. The van der Waals surface area contributed by atoms with Crippen LogP contribution in [0.5, 0.6) is 5.75 Å². The Balaban J connectivity index is 1.30. The van der Waals surface area contributed by atoms with Crippen LogP contribution in [0.4, 0.5) is 0 Å². The van der Waals surface area contributed by atoms with Gasteiger partial charge in [0.15, 0.2) is 5.82 Å². The van der Waals surface area contributed by atoms with Crippen LogP contribution in [0, 0.1) is 18.3 Å². The van der Waals surface area contributed by atoms with Gasteiger partial charge in [-0.05, 0) is 24.1 Å². The van der Waals surface area contributed by atoms with Crippen LogP contribution in [-0.2, 0) is 17.9 Å². The third-order valence-electron chi connectivity index (χ3n) is 6.20. The van der Waals surface area contributed by atoms with Gasteiger partial charge in [-0.15, -0.1) is 5.10 Å². The van der Waals surface area contributed by atoms with Crippen LogP contribution in [0.2, 0.25) is 0 Å². The van der Waals surface area contributed by atoms with E-state index in [2.05, 4.69) is 38.5 Å².